The summed E-state index contributed by atoms with van der Waals surface area (Å²) in [7, 11) is 0. The molecule has 1 aromatic carbocycles. The van der Waals surface area contributed by atoms with Crippen LogP contribution in [0.4, 0.5) is 4.79 Å². The van der Waals surface area contributed by atoms with Crippen molar-refractivity contribution in [1.29, 1.82) is 0 Å². The first-order valence-electron chi connectivity index (χ1n) is 5.88. The highest BCUT2D eigenvalue weighted by Gasteiger charge is 2.49. The molecule has 1 aliphatic rings. The Morgan fingerprint density at radius 3 is 2.65 bits per heavy atom. The Morgan fingerprint density at radius 2 is 2.10 bits per heavy atom. The predicted octanol–water partition coefficient (Wildman–Crippen LogP) is 1.50. The molecule has 1 saturated heterocycles. The molecule has 1 fully saturated rings. The van der Waals surface area contributed by atoms with Crippen molar-refractivity contribution in [2.24, 2.45) is 0 Å². The van der Waals surface area contributed by atoms with E-state index in [0.29, 0.717) is 15.5 Å². The second-order valence-corrected chi connectivity index (χ2v) is 5.21. The number of hydrogen-bond donors (Lipinski definition) is 2. The molecule has 20 heavy (non-hydrogen) atoms. The van der Waals surface area contributed by atoms with Gasteiger partial charge in [-0.2, -0.15) is 0 Å². The van der Waals surface area contributed by atoms with Gasteiger partial charge in [0.05, 0.1) is 0 Å². The van der Waals surface area contributed by atoms with E-state index >= 15 is 0 Å². The maximum atomic E-state index is 12.3. The van der Waals surface area contributed by atoms with Gasteiger partial charge in [-0.25, -0.2) is 4.79 Å². The standard InChI is InChI=1S/C13H13ClN2O4/c1-7-5-8(3-4-9(7)14)13(2)11(19)16(6-10(17)18)12(20)15-13/h3-5H,6H2,1-2H3,(H,15,20)(H,17,18)/t13-/m0/s1. The highest BCUT2D eigenvalue weighted by molar-refractivity contribution is 6.31. The fraction of sp³-hybridized carbons (Fsp3) is 0.308. The van der Waals surface area contributed by atoms with E-state index in [1.165, 1.54) is 6.92 Å². The summed E-state index contributed by atoms with van der Waals surface area (Å²) < 4.78 is 0. The van der Waals surface area contributed by atoms with Crippen molar-refractivity contribution in [3.8, 4) is 0 Å². The number of carbonyl (C=O) groups excluding carboxylic acids is 2. The third-order valence-electron chi connectivity index (χ3n) is 3.30. The minimum atomic E-state index is -1.28. The maximum absolute atomic E-state index is 12.3. The van der Waals surface area contributed by atoms with E-state index in [0.717, 1.165) is 5.56 Å². The Labute approximate surface area is 120 Å². The third-order valence-corrected chi connectivity index (χ3v) is 3.73. The van der Waals surface area contributed by atoms with Gasteiger partial charge >= 0.3 is 12.0 Å². The van der Waals surface area contributed by atoms with Gasteiger partial charge in [-0.1, -0.05) is 23.7 Å². The highest BCUT2D eigenvalue weighted by atomic mass is 35.5. The number of imide groups is 1. The number of nitrogens with zero attached hydrogens (tertiary/aromatic N) is 1. The zero-order valence-corrected chi connectivity index (χ0v) is 11.7. The van der Waals surface area contributed by atoms with Gasteiger partial charge < -0.3 is 10.4 Å². The first-order chi connectivity index (χ1) is 9.25. The van der Waals surface area contributed by atoms with Crippen molar-refractivity contribution in [2.75, 3.05) is 6.54 Å². The van der Waals surface area contributed by atoms with Crippen LogP contribution in [0.2, 0.25) is 5.02 Å². The van der Waals surface area contributed by atoms with Crippen LogP contribution in [0.25, 0.3) is 0 Å². The number of amides is 3. The van der Waals surface area contributed by atoms with E-state index in [9.17, 15) is 14.4 Å². The normalized spacial score (nSPS) is 22.1. The molecule has 3 amide bonds. The van der Waals surface area contributed by atoms with E-state index in [1.54, 1.807) is 25.1 Å². The molecule has 0 bridgehead atoms. The van der Waals surface area contributed by atoms with Crippen molar-refractivity contribution >= 4 is 29.5 Å². The van der Waals surface area contributed by atoms with Crippen LogP contribution in [0, 0.1) is 6.92 Å². The number of carboxylic acids is 1. The second-order valence-electron chi connectivity index (χ2n) is 4.80. The number of aryl methyl sites for hydroxylation is 1. The smallest absolute Gasteiger partial charge is 0.325 e. The van der Waals surface area contributed by atoms with Gasteiger partial charge in [-0.3, -0.25) is 14.5 Å². The van der Waals surface area contributed by atoms with Crippen LogP contribution in [0.1, 0.15) is 18.1 Å². The molecule has 7 heteroatoms. The summed E-state index contributed by atoms with van der Waals surface area (Å²) in [6.07, 6.45) is 0. The molecule has 0 aromatic heterocycles. The van der Waals surface area contributed by atoms with Gasteiger partial charge in [0.2, 0.25) is 0 Å². The summed E-state index contributed by atoms with van der Waals surface area (Å²) in [5, 5.41) is 11.8. The van der Waals surface area contributed by atoms with Crippen molar-refractivity contribution in [1.82, 2.24) is 10.2 Å². The van der Waals surface area contributed by atoms with Crippen molar-refractivity contribution in [2.45, 2.75) is 19.4 Å². The lowest BCUT2D eigenvalue weighted by Crippen LogP contribution is -2.41. The largest absolute Gasteiger partial charge is 0.480 e. The van der Waals surface area contributed by atoms with Crippen LogP contribution in [0.15, 0.2) is 18.2 Å². The first-order valence-corrected chi connectivity index (χ1v) is 6.26. The van der Waals surface area contributed by atoms with Crippen molar-refractivity contribution in [3.63, 3.8) is 0 Å². The van der Waals surface area contributed by atoms with Gasteiger partial charge in [0.15, 0.2) is 0 Å². The molecule has 1 aliphatic heterocycles. The molecule has 0 spiro atoms. The second kappa shape index (κ2) is 4.79. The molecule has 1 heterocycles. The Morgan fingerprint density at radius 1 is 1.45 bits per heavy atom. The van der Waals surface area contributed by atoms with Crippen LogP contribution >= 0.6 is 11.6 Å². The quantitative estimate of drug-likeness (QED) is 0.828. The van der Waals surface area contributed by atoms with Crippen LogP contribution in [0.3, 0.4) is 0 Å². The van der Waals surface area contributed by atoms with Gasteiger partial charge in [0.25, 0.3) is 5.91 Å². The molecule has 106 valence electrons. The zero-order valence-electron chi connectivity index (χ0n) is 10.9. The lowest BCUT2D eigenvalue weighted by Gasteiger charge is -2.22. The Balaban J connectivity index is 2.40. The van der Waals surface area contributed by atoms with E-state index in [4.69, 9.17) is 16.7 Å². The van der Waals surface area contributed by atoms with Gasteiger partial charge in [-0.05, 0) is 31.0 Å². The Kier molecular flexibility index (Phi) is 3.43. The van der Waals surface area contributed by atoms with Crippen LogP contribution in [-0.2, 0) is 15.1 Å². The topological polar surface area (TPSA) is 86.7 Å². The summed E-state index contributed by atoms with van der Waals surface area (Å²) in [6.45, 7) is 2.66. The molecule has 6 nitrogen and oxygen atoms in total. The molecule has 1 aromatic rings. The summed E-state index contributed by atoms with van der Waals surface area (Å²) in [5.41, 5.74) is 0.0526. The number of halogens is 1. The fourth-order valence-electron chi connectivity index (χ4n) is 2.13. The number of rotatable bonds is 3. The lowest BCUT2D eigenvalue weighted by molar-refractivity contribution is -0.142. The Hall–Kier alpha value is -2.08. The monoisotopic (exact) mass is 296 g/mol. The molecule has 0 radical (unpaired) electrons. The summed E-state index contributed by atoms with van der Waals surface area (Å²) >= 11 is 5.93. The molecular weight excluding hydrogens is 284 g/mol. The van der Waals surface area contributed by atoms with Crippen LogP contribution < -0.4 is 5.32 Å². The predicted molar refractivity (Wildman–Crippen MR) is 71.4 cm³/mol. The van der Waals surface area contributed by atoms with E-state index in [-0.39, 0.29) is 0 Å². The van der Waals surface area contributed by atoms with Gasteiger partial charge in [0, 0.05) is 5.02 Å². The summed E-state index contributed by atoms with van der Waals surface area (Å²) in [6, 6.07) is 4.26. The number of urea groups is 1. The molecule has 0 aliphatic carbocycles. The van der Waals surface area contributed by atoms with Crippen LogP contribution in [-0.4, -0.2) is 34.5 Å². The van der Waals surface area contributed by atoms with Crippen molar-refractivity contribution in [3.05, 3.63) is 34.3 Å². The van der Waals surface area contributed by atoms with E-state index in [2.05, 4.69) is 5.32 Å². The Bertz CT molecular complexity index is 616. The number of aliphatic carboxylic acids is 1. The summed E-state index contributed by atoms with van der Waals surface area (Å²) in [5.74, 6) is -1.84. The average Bonchev–Trinajstić information content (AvgIpc) is 2.57. The zero-order chi connectivity index (χ0) is 15.1. The average molecular weight is 297 g/mol. The number of nitrogens with one attached hydrogen (secondary N) is 1. The first kappa shape index (κ1) is 14.3. The number of carboxylic acid groups (broad SMARTS) is 1. The molecule has 2 rings (SSSR count). The molecule has 0 unspecified atom stereocenters. The number of benzene rings is 1. The number of hydrogen-bond acceptors (Lipinski definition) is 3. The van der Waals surface area contributed by atoms with E-state index in [1.807, 2.05) is 0 Å². The lowest BCUT2D eigenvalue weighted by atomic mass is 9.91. The molecule has 2 N–H and O–H groups in total. The molecule has 1 atom stereocenters. The highest BCUT2D eigenvalue weighted by Crippen LogP contribution is 2.30. The number of carbonyl (C=O) groups is 3. The van der Waals surface area contributed by atoms with Gasteiger partial charge in [0.1, 0.15) is 12.1 Å². The maximum Gasteiger partial charge on any atom is 0.325 e. The van der Waals surface area contributed by atoms with Gasteiger partial charge in [-0.15, -0.1) is 0 Å². The minimum Gasteiger partial charge on any atom is -0.480 e. The minimum absolute atomic E-state index is 0.552. The SMILES string of the molecule is Cc1cc([C@]2(C)NC(=O)N(CC(=O)O)C2=O)ccc1Cl. The third kappa shape index (κ3) is 2.22. The fourth-order valence-corrected chi connectivity index (χ4v) is 2.24. The van der Waals surface area contributed by atoms with E-state index < -0.39 is 30.0 Å². The molecular formula is C13H13ClN2O4. The summed E-state index contributed by atoms with van der Waals surface area (Å²) in [4.78, 5) is 35.5. The molecule has 0 saturated carbocycles. The van der Waals surface area contributed by atoms with Crippen molar-refractivity contribution < 1.29 is 19.5 Å². The van der Waals surface area contributed by atoms with Crippen LogP contribution in [0.5, 0.6) is 0 Å².